The van der Waals surface area contributed by atoms with Gasteiger partial charge in [-0.25, -0.2) is 0 Å². The molecule has 1 aromatic rings. The summed E-state index contributed by atoms with van der Waals surface area (Å²) < 4.78 is 12.2. The van der Waals surface area contributed by atoms with E-state index in [0.717, 1.165) is 31.1 Å². The zero-order chi connectivity index (χ0) is 18.2. The van der Waals surface area contributed by atoms with Gasteiger partial charge in [0.2, 0.25) is 0 Å². The van der Waals surface area contributed by atoms with Gasteiger partial charge in [0.1, 0.15) is 0 Å². The number of hydrogen-bond donors (Lipinski definition) is 1. The number of benzene rings is 1. The molecule has 25 heavy (non-hydrogen) atoms. The van der Waals surface area contributed by atoms with Crippen LogP contribution in [-0.2, 0) is 14.1 Å². The lowest BCUT2D eigenvalue weighted by Crippen LogP contribution is -2.41. The zero-order valence-corrected chi connectivity index (χ0v) is 15.7. The highest BCUT2D eigenvalue weighted by Gasteiger charge is 2.51. The highest BCUT2D eigenvalue weighted by atomic mass is 16.7. The van der Waals surface area contributed by atoms with Gasteiger partial charge in [0.25, 0.3) is 0 Å². The third kappa shape index (κ3) is 3.93. The van der Waals surface area contributed by atoms with Crippen molar-refractivity contribution in [1.29, 1.82) is 0 Å². The second-order valence-corrected chi connectivity index (χ2v) is 8.57. The Labute approximate surface area is 151 Å². The van der Waals surface area contributed by atoms with Crippen molar-refractivity contribution in [3.8, 4) is 0 Å². The quantitative estimate of drug-likeness (QED) is 0.846. The fourth-order valence-electron chi connectivity index (χ4n) is 3.85. The molecule has 1 aliphatic carbocycles. The van der Waals surface area contributed by atoms with Crippen molar-refractivity contribution in [1.82, 2.24) is 0 Å². The molecular weight excluding hydrogens is 315 g/mol. The van der Waals surface area contributed by atoms with Crippen LogP contribution in [0, 0.1) is 5.92 Å². The molecule has 0 spiro atoms. The van der Waals surface area contributed by atoms with Gasteiger partial charge in [0.15, 0.2) is 0 Å². The van der Waals surface area contributed by atoms with Crippen LogP contribution in [0.15, 0.2) is 24.3 Å². The van der Waals surface area contributed by atoms with E-state index in [1.807, 2.05) is 0 Å². The van der Waals surface area contributed by atoms with Crippen molar-refractivity contribution in [3.63, 3.8) is 0 Å². The molecule has 0 aromatic heterocycles. The summed E-state index contributed by atoms with van der Waals surface area (Å²) in [6, 6.07) is 8.59. The van der Waals surface area contributed by atoms with Gasteiger partial charge in [0, 0.05) is 6.42 Å². The Balaban J connectivity index is 1.61. The van der Waals surface area contributed by atoms with Gasteiger partial charge in [-0.2, -0.15) is 0 Å². The topological polar surface area (TPSA) is 55.8 Å². The first-order valence-corrected chi connectivity index (χ1v) is 9.35. The van der Waals surface area contributed by atoms with E-state index in [0.29, 0.717) is 18.3 Å². The van der Waals surface area contributed by atoms with Gasteiger partial charge in [-0.15, -0.1) is 0 Å². The van der Waals surface area contributed by atoms with Crippen molar-refractivity contribution in [2.75, 3.05) is 0 Å². The third-order valence-electron chi connectivity index (χ3n) is 6.24. The van der Waals surface area contributed by atoms with Crippen molar-refractivity contribution < 1.29 is 19.2 Å². The van der Waals surface area contributed by atoms with Crippen LogP contribution in [0.4, 0.5) is 0 Å². The fourth-order valence-corrected chi connectivity index (χ4v) is 3.85. The summed E-state index contributed by atoms with van der Waals surface area (Å²) in [5, 5.41) is 8.93. The molecule has 3 rings (SSSR count). The lowest BCUT2D eigenvalue weighted by Gasteiger charge is -2.32. The second-order valence-electron chi connectivity index (χ2n) is 8.57. The SMILES string of the molecule is CC1(C)OB(c2ccc(C3CCC(CC(=O)O)CC3)cc2)OC1(C)C. The number of aliphatic carboxylic acids is 1. The van der Waals surface area contributed by atoms with E-state index in [1.165, 1.54) is 5.56 Å². The molecule has 0 atom stereocenters. The van der Waals surface area contributed by atoms with Gasteiger partial charge in [0.05, 0.1) is 11.2 Å². The normalized spacial score (nSPS) is 28.1. The Hall–Kier alpha value is -1.33. The average molecular weight is 344 g/mol. The summed E-state index contributed by atoms with van der Waals surface area (Å²) in [5.41, 5.74) is 1.76. The molecule has 5 heteroatoms. The molecular formula is C20H29BO4. The van der Waals surface area contributed by atoms with E-state index in [1.54, 1.807) is 0 Å². The number of carbonyl (C=O) groups is 1. The van der Waals surface area contributed by atoms with E-state index in [4.69, 9.17) is 14.4 Å². The molecule has 0 amide bonds. The summed E-state index contributed by atoms with van der Waals surface area (Å²) in [7, 11) is -0.314. The van der Waals surface area contributed by atoms with E-state index in [2.05, 4.69) is 52.0 Å². The minimum atomic E-state index is -0.671. The summed E-state index contributed by atoms with van der Waals surface area (Å²) >= 11 is 0. The highest BCUT2D eigenvalue weighted by molar-refractivity contribution is 6.62. The number of carboxylic acids is 1. The summed E-state index contributed by atoms with van der Waals surface area (Å²) in [5.74, 6) is 0.213. The third-order valence-corrected chi connectivity index (χ3v) is 6.24. The number of hydrogen-bond acceptors (Lipinski definition) is 3. The maximum Gasteiger partial charge on any atom is 0.494 e. The van der Waals surface area contributed by atoms with Gasteiger partial charge < -0.3 is 14.4 Å². The smallest absolute Gasteiger partial charge is 0.481 e. The van der Waals surface area contributed by atoms with Crippen molar-refractivity contribution in [3.05, 3.63) is 29.8 Å². The molecule has 2 fully saturated rings. The number of rotatable bonds is 4. The lowest BCUT2D eigenvalue weighted by molar-refractivity contribution is -0.138. The molecule has 136 valence electrons. The van der Waals surface area contributed by atoms with Gasteiger partial charge in [-0.3, -0.25) is 4.79 Å². The largest absolute Gasteiger partial charge is 0.494 e. The molecule has 1 saturated carbocycles. The zero-order valence-electron chi connectivity index (χ0n) is 15.7. The van der Waals surface area contributed by atoms with Crippen LogP contribution in [-0.4, -0.2) is 29.4 Å². The number of carboxylic acid groups (broad SMARTS) is 1. The van der Waals surface area contributed by atoms with E-state index in [9.17, 15) is 4.79 Å². The molecule has 2 aliphatic rings. The monoisotopic (exact) mass is 344 g/mol. The van der Waals surface area contributed by atoms with Crippen LogP contribution in [0.5, 0.6) is 0 Å². The summed E-state index contributed by atoms with van der Waals surface area (Å²) in [6.07, 6.45) is 4.49. The minimum absolute atomic E-state index is 0.313. The Morgan fingerprint density at radius 1 is 1.04 bits per heavy atom. The van der Waals surface area contributed by atoms with Crippen LogP contribution in [0.2, 0.25) is 0 Å². The van der Waals surface area contributed by atoms with Crippen LogP contribution < -0.4 is 5.46 Å². The summed E-state index contributed by atoms with van der Waals surface area (Å²) in [6.45, 7) is 8.27. The van der Waals surface area contributed by atoms with Crippen molar-refractivity contribution in [2.24, 2.45) is 5.92 Å². The van der Waals surface area contributed by atoms with Crippen molar-refractivity contribution in [2.45, 2.75) is 76.9 Å². The molecule has 0 bridgehead atoms. The molecule has 0 radical (unpaired) electrons. The van der Waals surface area contributed by atoms with E-state index < -0.39 is 5.97 Å². The average Bonchev–Trinajstić information content (AvgIpc) is 2.76. The molecule has 1 N–H and O–H groups in total. The highest BCUT2D eigenvalue weighted by Crippen LogP contribution is 2.38. The van der Waals surface area contributed by atoms with E-state index in [-0.39, 0.29) is 18.3 Å². The Morgan fingerprint density at radius 3 is 2.04 bits per heavy atom. The maximum atomic E-state index is 10.9. The first kappa shape index (κ1) is 18.5. The van der Waals surface area contributed by atoms with Gasteiger partial charge >= 0.3 is 13.1 Å². The lowest BCUT2D eigenvalue weighted by atomic mass is 9.75. The van der Waals surface area contributed by atoms with Crippen LogP contribution >= 0.6 is 0 Å². The van der Waals surface area contributed by atoms with E-state index >= 15 is 0 Å². The standard InChI is InChI=1S/C20H29BO4/c1-19(2)20(3,4)25-21(24-19)17-11-9-16(10-12-17)15-7-5-14(6-8-15)13-18(22)23/h9-12,14-15H,5-8,13H2,1-4H3,(H,22,23). The minimum Gasteiger partial charge on any atom is -0.481 e. The van der Waals surface area contributed by atoms with Crippen molar-refractivity contribution >= 4 is 18.6 Å². The molecule has 4 nitrogen and oxygen atoms in total. The predicted molar refractivity (Wildman–Crippen MR) is 99.1 cm³/mol. The second kappa shape index (κ2) is 6.77. The van der Waals surface area contributed by atoms with Crippen LogP contribution in [0.25, 0.3) is 0 Å². The predicted octanol–water partition coefficient (Wildman–Crippen LogP) is 3.73. The molecule has 0 unspecified atom stereocenters. The molecule has 1 heterocycles. The summed E-state index contributed by atoms with van der Waals surface area (Å²) in [4.78, 5) is 10.9. The molecule has 1 saturated heterocycles. The van der Waals surface area contributed by atoms with Gasteiger partial charge in [-0.1, -0.05) is 24.3 Å². The molecule has 1 aromatic carbocycles. The van der Waals surface area contributed by atoms with Crippen LogP contribution in [0.1, 0.15) is 71.3 Å². The first-order valence-electron chi connectivity index (χ1n) is 9.35. The Bertz CT molecular complexity index is 599. The maximum absolute atomic E-state index is 10.9. The molecule has 1 aliphatic heterocycles. The Morgan fingerprint density at radius 2 is 1.56 bits per heavy atom. The first-order chi connectivity index (χ1) is 11.7. The Kier molecular flexibility index (Phi) is 5.00. The fraction of sp³-hybridized carbons (Fsp3) is 0.650. The van der Waals surface area contributed by atoms with Crippen LogP contribution in [0.3, 0.4) is 0 Å². The van der Waals surface area contributed by atoms with Gasteiger partial charge in [-0.05, 0) is 76.2 Å².